The fourth-order valence-corrected chi connectivity index (χ4v) is 10.2. The minimum Gasteiger partial charge on any atom is -0.756 e. The van der Waals surface area contributed by atoms with Gasteiger partial charge in [-0.05, 0) is 51.0 Å². The van der Waals surface area contributed by atoms with E-state index in [9.17, 15) is 19.0 Å². The van der Waals surface area contributed by atoms with E-state index in [1.807, 2.05) is 94.1 Å². The van der Waals surface area contributed by atoms with Crippen LogP contribution < -0.4 is 10.2 Å². The predicted molar refractivity (Wildman–Crippen MR) is 339 cm³/mol. The Morgan fingerprint density at radius 1 is 0.456 bits per heavy atom. The topological polar surface area (TPSA) is 114 Å². The lowest BCUT2D eigenvalue weighted by Gasteiger charge is -2.30. The molecule has 458 valence electrons. The molecule has 0 heterocycles. The van der Waals surface area contributed by atoms with E-state index in [-0.39, 0.29) is 24.9 Å². The van der Waals surface area contributed by atoms with Crippen LogP contribution in [0.4, 0.5) is 0 Å². The largest absolute Gasteiger partial charge is 0.756 e. The summed E-state index contributed by atoms with van der Waals surface area (Å²) in [6.45, 7) is 6.69. The van der Waals surface area contributed by atoms with Crippen molar-refractivity contribution in [1.29, 1.82) is 0 Å². The van der Waals surface area contributed by atoms with Crippen molar-refractivity contribution in [3.63, 3.8) is 0 Å². The highest BCUT2D eigenvalue weighted by Crippen LogP contribution is 2.38. The maximum Gasteiger partial charge on any atom is 0.306 e. The van der Waals surface area contributed by atoms with Gasteiger partial charge in [-0.2, -0.15) is 0 Å². The van der Waals surface area contributed by atoms with Crippen molar-refractivity contribution in [1.82, 2.24) is 5.32 Å². The molecule has 1 amide bonds. The molecule has 0 rings (SSSR count). The van der Waals surface area contributed by atoms with E-state index in [4.69, 9.17) is 13.8 Å². The van der Waals surface area contributed by atoms with Gasteiger partial charge in [-0.15, -0.1) is 0 Å². The zero-order valence-electron chi connectivity index (χ0n) is 52.3. The Hall–Kier alpha value is -2.81. The van der Waals surface area contributed by atoms with Crippen LogP contribution in [-0.2, 0) is 27.9 Å². The number of unbranched alkanes of at least 4 members (excludes halogenated alkanes) is 36. The summed E-state index contributed by atoms with van der Waals surface area (Å²) in [5.41, 5.74) is 0. The zero-order valence-corrected chi connectivity index (χ0v) is 53.2. The van der Waals surface area contributed by atoms with Crippen molar-refractivity contribution in [3.05, 3.63) is 85.1 Å². The molecule has 9 nitrogen and oxygen atoms in total. The van der Waals surface area contributed by atoms with E-state index < -0.39 is 26.6 Å². The van der Waals surface area contributed by atoms with Gasteiger partial charge in [0.1, 0.15) is 19.3 Å². The summed E-state index contributed by atoms with van der Waals surface area (Å²) >= 11 is 0. The van der Waals surface area contributed by atoms with Gasteiger partial charge >= 0.3 is 5.97 Å². The van der Waals surface area contributed by atoms with Crippen LogP contribution in [0.25, 0.3) is 0 Å². The van der Waals surface area contributed by atoms with Crippen molar-refractivity contribution in [3.8, 4) is 0 Å². The number of quaternary nitrogens is 1. The van der Waals surface area contributed by atoms with Gasteiger partial charge in [0.2, 0.25) is 5.91 Å². The number of carbonyl (C=O) groups excluding carboxylic acids is 2. The van der Waals surface area contributed by atoms with E-state index >= 15 is 0 Å². The smallest absolute Gasteiger partial charge is 0.306 e. The molecular weight excluding hydrogens is 1000 g/mol. The molecule has 0 saturated carbocycles. The first-order valence-electron chi connectivity index (χ1n) is 33.0. The normalized spacial score (nSPS) is 14.2. The minimum absolute atomic E-state index is 0.0320. The fourth-order valence-electron chi connectivity index (χ4n) is 9.44. The molecule has 0 aromatic rings. The fraction of sp³-hybridized carbons (Fsp3) is 0.768. The molecule has 0 aliphatic carbocycles. The predicted octanol–water partition coefficient (Wildman–Crippen LogP) is 19.9. The van der Waals surface area contributed by atoms with E-state index in [1.54, 1.807) is 0 Å². The molecule has 3 atom stereocenters. The number of likely N-dealkylation sites (N-methyl/N-ethyl adjacent to an activating group) is 1. The summed E-state index contributed by atoms with van der Waals surface area (Å²) in [7, 11) is 1.16. The molecule has 3 unspecified atom stereocenters. The average molecular weight is 1130 g/mol. The molecule has 0 bridgehead atoms. The zero-order chi connectivity index (χ0) is 57.9. The van der Waals surface area contributed by atoms with Crippen LogP contribution in [0, 0.1) is 0 Å². The summed E-state index contributed by atoms with van der Waals surface area (Å²) in [6, 6.07) is -0.910. The number of phosphoric ester groups is 1. The molecule has 0 aliphatic rings. The Morgan fingerprint density at radius 3 is 1.23 bits per heavy atom. The van der Waals surface area contributed by atoms with Crippen LogP contribution in [0.2, 0.25) is 0 Å². The summed E-state index contributed by atoms with van der Waals surface area (Å²) < 4.78 is 30.3. The van der Waals surface area contributed by atoms with Crippen molar-refractivity contribution in [2.45, 2.75) is 303 Å². The number of amides is 1. The minimum atomic E-state index is -4.71. The van der Waals surface area contributed by atoms with Crippen LogP contribution in [0.15, 0.2) is 85.1 Å². The SMILES string of the molecule is CC\C=C/C=C/C=C/C=C\C=C\C=C\CCCCCC(=O)OC(/C=C/CCCCCCCCCCCCC)C(COP(=O)([O-])OCC[N+](C)(C)C)NC(=O)CCCCCCCCCCCCCCCCCCCCCCCCC. The Labute approximate surface area is 488 Å². The maximum absolute atomic E-state index is 13.6. The Morgan fingerprint density at radius 2 is 0.810 bits per heavy atom. The van der Waals surface area contributed by atoms with Gasteiger partial charge in [-0.1, -0.05) is 312 Å². The lowest BCUT2D eigenvalue weighted by atomic mass is 10.0. The summed E-state index contributed by atoms with van der Waals surface area (Å²) in [6.07, 6.45) is 77.0. The summed E-state index contributed by atoms with van der Waals surface area (Å²) in [5.74, 6) is -0.585. The number of hydrogen-bond donors (Lipinski definition) is 1. The van der Waals surface area contributed by atoms with E-state index in [2.05, 4.69) is 38.2 Å². The molecule has 0 radical (unpaired) electrons. The van der Waals surface area contributed by atoms with Gasteiger partial charge in [0, 0.05) is 12.8 Å². The Kier molecular flexibility index (Phi) is 56.3. The third-order valence-corrected chi connectivity index (χ3v) is 15.5. The molecule has 0 spiro atoms. The number of allylic oxidation sites excluding steroid dienone is 13. The van der Waals surface area contributed by atoms with Crippen molar-refractivity contribution >= 4 is 19.7 Å². The highest BCUT2D eigenvalue weighted by molar-refractivity contribution is 7.45. The number of hydrogen-bond acceptors (Lipinski definition) is 7. The second-order valence-corrected chi connectivity index (χ2v) is 24.8. The monoisotopic (exact) mass is 1120 g/mol. The van der Waals surface area contributed by atoms with E-state index in [1.165, 1.54) is 186 Å². The van der Waals surface area contributed by atoms with Crippen molar-refractivity contribution < 1.29 is 37.3 Å². The number of rotatable bonds is 59. The Bertz CT molecular complexity index is 1630. The Balaban J connectivity index is 5.23. The number of phosphoric acid groups is 1. The quantitative estimate of drug-likeness (QED) is 0.0161. The van der Waals surface area contributed by atoms with Crippen LogP contribution >= 0.6 is 7.82 Å². The second kappa shape index (κ2) is 58.4. The number of nitrogens with one attached hydrogen (secondary N) is 1. The molecule has 1 N–H and O–H groups in total. The lowest BCUT2D eigenvalue weighted by Crippen LogP contribution is -2.47. The third-order valence-electron chi connectivity index (χ3n) is 14.5. The van der Waals surface area contributed by atoms with E-state index in [0.717, 1.165) is 64.2 Å². The summed E-state index contributed by atoms with van der Waals surface area (Å²) in [5, 5.41) is 3.03. The van der Waals surface area contributed by atoms with Crippen LogP contribution in [0.1, 0.15) is 290 Å². The van der Waals surface area contributed by atoms with Gasteiger partial charge < -0.3 is 28.5 Å². The van der Waals surface area contributed by atoms with Gasteiger partial charge in [0.15, 0.2) is 0 Å². The van der Waals surface area contributed by atoms with E-state index in [0.29, 0.717) is 23.9 Å². The van der Waals surface area contributed by atoms with Crippen LogP contribution in [-0.4, -0.2) is 69.4 Å². The summed E-state index contributed by atoms with van der Waals surface area (Å²) in [4.78, 5) is 40.1. The first-order valence-corrected chi connectivity index (χ1v) is 34.4. The standard InChI is InChI=1S/C69H125N2O7P/c1-7-10-13-16-19-22-25-28-30-32-33-34-35-36-37-39-40-43-46-49-52-55-58-61-68(72)70-66(65-77-79(74,75)76-64-63-71(4,5)6)67(60-57-54-51-48-45-42-27-24-21-18-15-12-9-3)78-69(73)62-59-56-53-50-47-44-41-38-31-29-26-23-20-17-14-11-8-2/h11,14,17,20,23,26,29,31,38,41,44,47,57,60,66-67H,7-10,12-13,15-16,18-19,21-22,24-25,27-28,30,32-37,39-40,42-43,45-46,48-56,58-59,61-65H2,1-6H3,(H-,70,72,74,75)/b14-11-,20-17+,26-23+,31-29-,41-38+,47-44+,60-57+. The molecule has 79 heavy (non-hydrogen) atoms. The van der Waals surface area contributed by atoms with Gasteiger partial charge in [0.25, 0.3) is 7.82 Å². The molecule has 0 aliphatic heterocycles. The number of nitrogens with zero attached hydrogens (tertiary/aromatic N) is 1. The lowest BCUT2D eigenvalue weighted by molar-refractivity contribution is -0.870. The van der Waals surface area contributed by atoms with Crippen molar-refractivity contribution in [2.75, 3.05) is 40.9 Å². The molecule has 0 aromatic carbocycles. The van der Waals surface area contributed by atoms with Crippen LogP contribution in [0.5, 0.6) is 0 Å². The highest BCUT2D eigenvalue weighted by atomic mass is 31.2. The first-order chi connectivity index (χ1) is 38.4. The molecule has 10 heteroatoms. The second-order valence-electron chi connectivity index (χ2n) is 23.4. The van der Waals surface area contributed by atoms with Gasteiger partial charge in [-0.25, -0.2) is 0 Å². The average Bonchev–Trinajstić information content (AvgIpc) is 3.41. The number of carbonyl (C=O) groups is 2. The number of ether oxygens (including phenoxy) is 1. The highest BCUT2D eigenvalue weighted by Gasteiger charge is 2.27. The van der Waals surface area contributed by atoms with Gasteiger partial charge in [0.05, 0.1) is 33.8 Å². The van der Waals surface area contributed by atoms with Crippen molar-refractivity contribution in [2.24, 2.45) is 0 Å². The van der Waals surface area contributed by atoms with Gasteiger partial charge in [-0.3, -0.25) is 14.2 Å². The number of esters is 1. The third kappa shape index (κ3) is 59.6. The molecule has 0 fully saturated rings. The van der Waals surface area contributed by atoms with Crippen LogP contribution in [0.3, 0.4) is 0 Å². The molecular formula is C69H125N2O7P. The maximum atomic E-state index is 13.6. The molecule has 0 saturated heterocycles. The first kappa shape index (κ1) is 76.2. The molecule has 0 aromatic heterocycles.